The lowest BCUT2D eigenvalue weighted by atomic mass is 9.96. The Bertz CT molecular complexity index is 880. The Labute approximate surface area is 161 Å². The summed E-state index contributed by atoms with van der Waals surface area (Å²) in [5.74, 6) is -1.07. The number of hydrogen-bond donors (Lipinski definition) is 1. The van der Waals surface area contributed by atoms with Gasteiger partial charge in [0, 0.05) is 24.3 Å². The third-order valence-corrected chi connectivity index (χ3v) is 4.92. The molecule has 0 radical (unpaired) electrons. The molecule has 1 fully saturated rings. The number of nitrogens with zero attached hydrogens (tertiary/aromatic N) is 1. The Kier molecular flexibility index (Phi) is 5.72. The van der Waals surface area contributed by atoms with Gasteiger partial charge in [0.2, 0.25) is 5.91 Å². The molecule has 2 aromatic carbocycles. The van der Waals surface area contributed by atoms with Crippen LogP contribution in [0.1, 0.15) is 34.3 Å². The first kappa shape index (κ1) is 19.9. The highest BCUT2D eigenvalue weighted by atomic mass is 19.4. The van der Waals surface area contributed by atoms with E-state index in [0.717, 1.165) is 17.7 Å². The first-order valence-corrected chi connectivity index (χ1v) is 9.09. The lowest BCUT2D eigenvalue weighted by Gasteiger charge is -2.32. The van der Waals surface area contributed by atoms with Gasteiger partial charge in [-0.15, -0.1) is 0 Å². The Hall–Kier alpha value is -2.83. The van der Waals surface area contributed by atoms with Crippen LogP contribution in [0.3, 0.4) is 0 Å². The fourth-order valence-electron chi connectivity index (χ4n) is 3.33. The molecule has 2 aromatic rings. The minimum atomic E-state index is -4.51. The lowest BCUT2D eigenvalue weighted by Crippen LogP contribution is -2.43. The molecule has 0 aromatic heterocycles. The molecule has 1 atom stereocenters. The molecule has 0 aliphatic carbocycles. The zero-order chi connectivity index (χ0) is 20.3. The van der Waals surface area contributed by atoms with E-state index in [1.807, 2.05) is 31.2 Å². The van der Waals surface area contributed by atoms with Crippen LogP contribution in [0.25, 0.3) is 0 Å². The first-order chi connectivity index (χ1) is 13.3. The maximum absolute atomic E-state index is 12.9. The smallest absolute Gasteiger partial charge is 0.338 e. The van der Waals surface area contributed by atoms with Gasteiger partial charge < -0.3 is 10.2 Å². The zero-order valence-electron chi connectivity index (χ0n) is 15.4. The summed E-state index contributed by atoms with van der Waals surface area (Å²) in [6, 6.07) is 11.8. The van der Waals surface area contributed by atoms with Crippen LogP contribution < -0.4 is 5.32 Å². The number of hydrogen-bond acceptors (Lipinski definition) is 2. The predicted molar refractivity (Wildman–Crippen MR) is 99.9 cm³/mol. The topological polar surface area (TPSA) is 49.4 Å². The molecular weight excluding hydrogens is 369 g/mol. The Morgan fingerprint density at radius 1 is 1.11 bits per heavy atom. The summed E-state index contributed by atoms with van der Waals surface area (Å²) in [5.41, 5.74) is 0.774. The van der Waals surface area contributed by atoms with Gasteiger partial charge in [-0.2, -0.15) is 13.2 Å². The van der Waals surface area contributed by atoms with Crippen LogP contribution in [0.15, 0.2) is 48.5 Å². The average molecular weight is 390 g/mol. The van der Waals surface area contributed by atoms with Crippen LogP contribution in [0.4, 0.5) is 18.9 Å². The van der Waals surface area contributed by atoms with Gasteiger partial charge in [0.05, 0.1) is 11.5 Å². The SMILES string of the molecule is Cc1ccccc1NC(=O)[C@@H]1CCCN(C(=O)c2cccc(C(F)(F)F)c2)C1. The highest BCUT2D eigenvalue weighted by Crippen LogP contribution is 2.30. The van der Waals surface area contributed by atoms with Crippen molar-refractivity contribution in [1.82, 2.24) is 4.90 Å². The summed E-state index contributed by atoms with van der Waals surface area (Å²) in [7, 11) is 0. The second-order valence-electron chi connectivity index (χ2n) is 6.97. The van der Waals surface area contributed by atoms with Crippen molar-refractivity contribution in [3.8, 4) is 0 Å². The molecule has 1 heterocycles. The number of aryl methyl sites for hydroxylation is 1. The van der Waals surface area contributed by atoms with Crippen LogP contribution in [-0.4, -0.2) is 29.8 Å². The minimum Gasteiger partial charge on any atom is -0.338 e. The average Bonchev–Trinajstić information content (AvgIpc) is 2.68. The largest absolute Gasteiger partial charge is 0.416 e. The molecule has 148 valence electrons. The maximum atomic E-state index is 12.9. The van der Waals surface area contributed by atoms with E-state index in [-0.39, 0.29) is 18.0 Å². The molecule has 2 amide bonds. The summed E-state index contributed by atoms with van der Waals surface area (Å²) in [5, 5.41) is 2.88. The number of likely N-dealkylation sites (tertiary alicyclic amines) is 1. The normalized spacial score (nSPS) is 17.3. The molecule has 7 heteroatoms. The number of para-hydroxylation sites is 1. The maximum Gasteiger partial charge on any atom is 0.416 e. The molecule has 0 unspecified atom stereocenters. The van der Waals surface area contributed by atoms with Crippen LogP contribution in [0, 0.1) is 12.8 Å². The third kappa shape index (κ3) is 4.52. The summed E-state index contributed by atoms with van der Waals surface area (Å²) >= 11 is 0. The molecule has 1 aliphatic heterocycles. The summed E-state index contributed by atoms with van der Waals surface area (Å²) < 4.78 is 38.7. The predicted octanol–water partition coefficient (Wildman–Crippen LogP) is 4.50. The molecule has 0 saturated carbocycles. The first-order valence-electron chi connectivity index (χ1n) is 9.09. The lowest BCUT2D eigenvalue weighted by molar-refractivity contribution is -0.137. The molecule has 1 saturated heterocycles. The summed E-state index contributed by atoms with van der Waals surface area (Å²) in [4.78, 5) is 26.8. The third-order valence-electron chi connectivity index (χ3n) is 4.92. The van der Waals surface area contributed by atoms with Gasteiger partial charge in [-0.3, -0.25) is 9.59 Å². The molecule has 1 N–H and O–H groups in total. The van der Waals surface area contributed by atoms with E-state index in [1.165, 1.54) is 17.0 Å². The van der Waals surface area contributed by atoms with Gasteiger partial charge in [-0.25, -0.2) is 0 Å². The number of carbonyl (C=O) groups excluding carboxylic acids is 2. The van der Waals surface area contributed by atoms with E-state index in [1.54, 1.807) is 0 Å². The fourth-order valence-corrected chi connectivity index (χ4v) is 3.33. The van der Waals surface area contributed by atoms with Gasteiger partial charge in [-0.1, -0.05) is 24.3 Å². The van der Waals surface area contributed by atoms with E-state index >= 15 is 0 Å². The monoisotopic (exact) mass is 390 g/mol. The Morgan fingerprint density at radius 2 is 1.86 bits per heavy atom. The number of piperidine rings is 1. The van der Waals surface area contributed by atoms with Crippen molar-refractivity contribution in [2.45, 2.75) is 25.9 Å². The van der Waals surface area contributed by atoms with E-state index in [4.69, 9.17) is 0 Å². The van der Waals surface area contributed by atoms with Crippen LogP contribution in [0.5, 0.6) is 0 Å². The van der Waals surface area contributed by atoms with Crippen LogP contribution >= 0.6 is 0 Å². The number of nitrogens with one attached hydrogen (secondary N) is 1. The van der Waals surface area contributed by atoms with Crippen molar-refractivity contribution in [3.05, 3.63) is 65.2 Å². The summed E-state index contributed by atoms with van der Waals surface area (Å²) in [6.07, 6.45) is -3.26. The highest BCUT2D eigenvalue weighted by molar-refractivity contribution is 5.96. The van der Waals surface area contributed by atoms with E-state index in [2.05, 4.69) is 5.32 Å². The number of halogens is 3. The van der Waals surface area contributed by atoms with Crippen molar-refractivity contribution >= 4 is 17.5 Å². The number of anilines is 1. The van der Waals surface area contributed by atoms with Crippen molar-refractivity contribution in [1.29, 1.82) is 0 Å². The van der Waals surface area contributed by atoms with Crippen molar-refractivity contribution < 1.29 is 22.8 Å². The van der Waals surface area contributed by atoms with Crippen LogP contribution in [0.2, 0.25) is 0 Å². The molecule has 3 rings (SSSR count). The Balaban J connectivity index is 1.70. The number of amides is 2. The van der Waals surface area contributed by atoms with E-state index < -0.39 is 23.6 Å². The van der Waals surface area contributed by atoms with Gasteiger partial charge in [0.25, 0.3) is 5.91 Å². The second-order valence-corrected chi connectivity index (χ2v) is 6.97. The summed E-state index contributed by atoms with van der Waals surface area (Å²) in [6.45, 7) is 2.50. The highest BCUT2D eigenvalue weighted by Gasteiger charge is 2.33. The second kappa shape index (κ2) is 8.04. The van der Waals surface area contributed by atoms with Gasteiger partial charge in [0.1, 0.15) is 0 Å². The number of alkyl halides is 3. The van der Waals surface area contributed by atoms with Gasteiger partial charge in [0.15, 0.2) is 0 Å². The van der Waals surface area contributed by atoms with E-state index in [0.29, 0.717) is 25.1 Å². The Morgan fingerprint density at radius 3 is 2.57 bits per heavy atom. The number of benzene rings is 2. The molecule has 4 nitrogen and oxygen atoms in total. The van der Waals surface area contributed by atoms with Crippen LogP contribution in [-0.2, 0) is 11.0 Å². The fraction of sp³-hybridized carbons (Fsp3) is 0.333. The quantitative estimate of drug-likeness (QED) is 0.839. The molecular formula is C21H21F3N2O2. The molecule has 1 aliphatic rings. The zero-order valence-corrected chi connectivity index (χ0v) is 15.4. The van der Waals surface area contributed by atoms with Crippen molar-refractivity contribution in [2.75, 3.05) is 18.4 Å². The number of carbonyl (C=O) groups is 2. The number of rotatable bonds is 3. The minimum absolute atomic E-state index is 0.0187. The molecule has 0 spiro atoms. The molecule has 0 bridgehead atoms. The van der Waals surface area contributed by atoms with Crippen molar-refractivity contribution in [2.24, 2.45) is 5.92 Å². The van der Waals surface area contributed by atoms with Gasteiger partial charge >= 0.3 is 6.18 Å². The van der Waals surface area contributed by atoms with Crippen molar-refractivity contribution in [3.63, 3.8) is 0 Å². The van der Waals surface area contributed by atoms with Gasteiger partial charge in [-0.05, 0) is 49.6 Å². The standard InChI is InChI=1S/C21H21F3N2O2/c1-14-6-2-3-10-18(14)25-19(27)16-8-5-11-26(13-16)20(28)15-7-4-9-17(12-15)21(22,23)24/h2-4,6-7,9-10,12,16H,5,8,11,13H2,1H3,(H,25,27)/t16-/m1/s1. The molecule has 28 heavy (non-hydrogen) atoms. The van der Waals surface area contributed by atoms with E-state index in [9.17, 15) is 22.8 Å².